The Morgan fingerprint density at radius 1 is 1.24 bits per heavy atom. The number of amides is 2. The maximum Gasteiger partial charge on any atom is 0.412 e. The highest BCUT2D eigenvalue weighted by Crippen LogP contribution is 2.25. The molecule has 1 aromatic carbocycles. The average Bonchev–Trinajstić information content (AvgIpc) is 2.93. The van der Waals surface area contributed by atoms with Crippen LogP contribution in [-0.2, 0) is 4.74 Å². The standard InChI is InChI=1S/C16H20N4O3S2/c1-5-24-15-20-19-13(25-15)18-12(21)10-7-6-8-11(9-10)17-14(22)23-16(2,3)4/h6-9H,5H2,1-4H3,(H,17,22)(H,18,19,21). The van der Waals surface area contributed by atoms with Crippen molar-refractivity contribution in [1.29, 1.82) is 0 Å². The highest BCUT2D eigenvalue weighted by atomic mass is 32.2. The fourth-order valence-electron chi connectivity index (χ4n) is 1.77. The van der Waals surface area contributed by atoms with E-state index in [1.54, 1.807) is 56.8 Å². The first-order valence-corrected chi connectivity index (χ1v) is 9.45. The fourth-order valence-corrected chi connectivity index (χ4v) is 3.42. The van der Waals surface area contributed by atoms with Crippen molar-refractivity contribution in [2.24, 2.45) is 0 Å². The summed E-state index contributed by atoms with van der Waals surface area (Å²) in [6, 6.07) is 6.59. The third-order valence-corrected chi connectivity index (χ3v) is 4.52. The molecule has 0 bridgehead atoms. The molecule has 9 heteroatoms. The van der Waals surface area contributed by atoms with E-state index < -0.39 is 11.7 Å². The van der Waals surface area contributed by atoms with Crippen LogP contribution in [0.3, 0.4) is 0 Å². The molecule has 2 N–H and O–H groups in total. The van der Waals surface area contributed by atoms with Gasteiger partial charge in [0, 0.05) is 11.3 Å². The van der Waals surface area contributed by atoms with Gasteiger partial charge in [0.05, 0.1) is 0 Å². The number of thioether (sulfide) groups is 1. The van der Waals surface area contributed by atoms with E-state index in [0.29, 0.717) is 16.4 Å². The predicted molar refractivity (Wildman–Crippen MR) is 101 cm³/mol. The van der Waals surface area contributed by atoms with Gasteiger partial charge in [-0.25, -0.2) is 4.79 Å². The fraction of sp³-hybridized carbons (Fsp3) is 0.375. The Morgan fingerprint density at radius 3 is 2.68 bits per heavy atom. The number of rotatable bonds is 5. The van der Waals surface area contributed by atoms with Crippen molar-refractivity contribution in [3.05, 3.63) is 29.8 Å². The third-order valence-electron chi connectivity index (χ3n) is 2.66. The maximum absolute atomic E-state index is 12.3. The number of benzene rings is 1. The molecule has 1 aromatic heterocycles. The Bertz CT molecular complexity index is 756. The lowest BCUT2D eigenvalue weighted by Crippen LogP contribution is -2.27. The number of hydrogen-bond donors (Lipinski definition) is 2. The number of aromatic nitrogens is 2. The van der Waals surface area contributed by atoms with Gasteiger partial charge < -0.3 is 4.74 Å². The summed E-state index contributed by atoms with van der Waals surface area (Å²) in [6.45, 7) is 7.37. The van der Waals surface area contributed by atoms with Gasteiger partial charge in [-0.2, -0.15) is 0 Å². The number of nitrogens with one attached hydrogen (secondary N) is 2. The van der Waals surface area contributed by atoms with E-state index in [9.17, 15) is 9.59 Å². The van der Waals surface area contributed by atoms with E-state index in [1.807, 2.05) is 6.92 Å². The molecule has 0 spiro atoms. The summed E-state index contributed by atoms with van der Waals surface area (Å²) in [4.78, 5) is 24.1. The van der Waals surface area contributed by atoms with Crippen molar-refractivity contribution in [2.75, 3.05) is 16.4 Å². The van der Waals surface area contributed by atoms with Gasteiger partial charge in [-0.1, -0.05) is 36.1 Å². The minimum absolute atomic E-state index is 0.322. The molecule has 1 heterocycles. The number of carbonyl (C=O) groups excluding carboxylic acids is 2. The van der Waals surface area contributed by atoms with Crippen LogP contribution in [0.1, 0.15) is 38.1 Å². The first kappa shape index (κ1) is 19.2. The molecule has 0 fully saturated rings. The van der Waals surface area contributed by atoms with Crippen LogP contribution in [-0.4, -0.2) is 33.6 Å². The Hall–Kier alpha value is -2.13. The zero-order valence-electron chi connectivity index (χ0n) is 14.5. The van der Waals surface area contributed by atoms with Gasteiger partial charge in [-0.05, 0) is 44.7 Å². The zero-order chi connectivity index (χ0) is 18.4. The van der Waals surface area contributed by atoms with Gasteiger partial charge in [0.1, 0.15) is 5.60 Å². The largest absolute Gasteiger partial charge is 0.444 e. The molecule has 134 valence electrons. The van der Waals surface area contributed by atoms with E-state index in [0.717, 1.165) is 10.1 Å². The van der Waals surface area contributed by atoms with Crippen LogP contribution >= 0.6 is 23.1 Å². The van der Waals surface area contributed by atoms with Crippen LogP contribution in [0, 0.1) is 0 Å². The minimum Gasteiger partial charge on any atom is -0.444 e. The molecule has 2 aromatic rings. The number of ether oxygens (including phenoxy) is 1. The summed E-state index contributed by atoms with van der Waals surface area (Å²) >= 11 is 2.89. The maximum atomic E-state index is 12.3. The molecule has 0 aliphatic rings. The van der Waals surface area contributed by atoms with Gasteiger partial charge in [0.25, 0.3) is 5.91 Å². The summed E-state index contributed by atoms with van der Waals surface area (Å²) in [6.07, 6.45) is -0.574. The molecule has 2 rings (SSSR count). The molecule has 0 radical (unpaired) electrons. The Kier molecular flexibility index (Phi) is 6.38. The van der Waals surface area contributed by atoms with Crippen molar-refractivity contribution in [3.63, 3.8) is 0 Å². The monoisotopic (exact) mass is 380 g/mol. The molecule has 0 unspecified atom stereocenters. The van der Waals surface area contributed by atoms with Crippen LogP contribution in [0.2, 0.25) is 0 Å². The molecule has 7 nitrogen and oxygen atoms in total. The van der Waals surface area contributed by atoms with Gasteiger partial charge in [0.2, 0.25) is 5.13 Å². The second kappa shape index (κ2) is 8.30. The lowest BCUT2D eigenvalue weighted by molar-refractivity contribution is 0.0635. The van der Waals surface area contributed by atoms with Crippen molar-refractivity contribution < 1.29 is 14.3 Å². The van der Waals surface area contributed by atoms with E-state index >= 15 is 0 Å². The van der Waals surface area contributed by atoms with Crippen molar-refractivity contribution >= 4 is 45.9 Å². The van der Waals surface area contributed by atoms with E-state index in [2.05, 4.69) is 20.8 Å². The van der Waals surface area contributed by atoms with Gasteiger partial charge in [0.15, 0.2) is 4.34 Å². The second-order valence-corrected chi connectivity index (χ2v) is 8.46. The van der Waals surface area contributed by atoms with Crippen molar-refractivity contribution in [2.45, 2.75) is 37.6 Å². The topological polar surface area (TPSA) is 93.2 Å². The molecule has 0 saturated carbocycles. The molecular weight excluding hydrogens is 360 g/mol. The van der Waals surface area contributed by atoms with Gasteiger partial charge >= 0.3 is 6.09 Å². The summed E-state index contributed by atoms with van der Waals surface area (Å²) in [5.74, 6) is 0.568. The van der Waals surface area contributed by atoms with E-state index in [1.165, 1.54) is 11.3 Å². The third kappa shape index (κ3) is 6.35. The highest BCUT2D eigenvalue weighted by Gasteiger charge is 2.17. The van der Waals surface area contributed by atoms with Crippen molar-refractivity contribution in [1.82, 2.24) is 10.2 Å². The molecular formula is C16H20N4O3S2. The lowest BCUT2D eigenvalue weighted by atomic mass is 10.2. The molecule has 0 atom stereocenters. The summed E-state index contributed by atoms with van der Waals surface area (Å²) < 4.78 is 6.00. The number of carbonyl (C=O) groups is 2. The van der Waals surface area contributed by atoms with Gasteiger partial charge in [-0.15, -0.1) is 10.2 Å². The quantitative estimate of drug-likeness (QED) is 0.595. The highest BCUT2D eigenvalue weighted by molar-refractivity contribution is 8.01. The first-order valence-electron chi connectivity index (χ1n) is 7.64. The van der Waals surface area contributed by atoms with E-state index in [4.69, 9.17) is 4.74 Å². The normalized spacial score (nSPS) is 11.0. The predicted octanol–water partition coefficient (Wildman–Crippen LogP) is 4.25. The molecule has 0 aliphatic carbocycles. The van der Waals surface area contributed by atoms with Gasteiger partial charge in [-0.3, -0.25) is 15.4 Å². The summed E-state index contributed by atoms with van der Waals surface area (Å²) in [7, 11) is 0. The SMILES string of the molecule is CCSc1nnc(NC(=O)c2cccc(NC(=O)OC(C)(C)C)c2)s1. The Balaban J connectivity index is 2.01. The number of nitrogens with zero attached hydrogens (tertiary/aromatic N) is 2. The molecule has 0 aliphatic heterocycles. The first-order chi connectivity index (χ1) is 11.8. The summed E-state index contributed by atoms with van der Waals surface area (Å²) in [5, 5.41) is 13.7. The van der Waals surface area contributed by atoms with Crippen LogP contribution in [0.15, 0.2) is 28.6 Å². The minimum atomic E-state index is -0.592. The zero-order valence-corrected chi connectivity index (χ0v) is 16.1. The Morgan fingerprint density at radius 2 is 2.00 bits per heavy atom. The van der Waals surface area contributed by atoms with Crippen LogP contribution in [0.5, 0.6) is 0 Å². The smallest absolute Gasteiger partial charge is 0.412 e. The van der Waals surface area contributed by atoms with Crippen LogP contribution in [0.4, 0.5) is 15.6 Å². The summed E-state index contributed by atoms with van der Waals surface area (Å²) in [5.41, 5.74) is 0.278. The van der Waals surface area contributed by atoms with E-state index in [-0.39, 0.29) is 5.91 Å². The molecule has 25 heavy (non-hydrogen) atoms. The van der Waals surface area contributed by atoms with Crippen LogP contribution in [0.25, 0.3) is 0 Å². The second-order valence-electron chi connectivity index (χ2n) is 5.97. The van der Waals surface area contributed by atoms with Crippen molar-refractivity contribution in [3.8, 4) is 0 Å². The Labute approximate surface area is 154 Å². The number of hydrogen-bond acceptors (Lipinski definition) is 7. The lowest BCUT2D eigenvalue weighted by Gasteiger charge is -2.19. The number of anilines is 2. The average molecular weight is 380 g/mol. The molecule has 2 amide bonds. The van der Waals surface area contributed by atoms with Crippen LogP contribution < -0.4 is 10.6 Å². The molecule has 0 saturated heterocycles.